The average molecular weight is 222 g/mol. The van der Waals surface area contributed by atoms with Crippen molar-refractivity contribution in [2.45, 2.75) is 27.7 Å². The molecule has 1 atom stereocenters. The Morgan fingerprint density at radius 3 is 2.38 bits per heavy atom. The largest absolute Gasteiger partial charge is 0.497 e. The number of aldehydes is 1. The molecule has 2 nitrogen and oxygen atoms in total. The Morgan fingerprint density at radius 2 is 1.94 bits per heavy atom. The Balaban J connectivity index is 4.70. The van der Waals surface area contributed by atoms with Gasteiger partial charge in [-0.25, -0.2) is 0 Å². The monoisotopic (exact) mass is 222 g/mol. The van der Waals surface area contributed by atoms with E-state index in [0.29, 0.717) is 11.7 Å². The zero-order chi connectivity index (χ0) is 12.6. The summed E-state index contributed by atoms with van der Waals surface area (Å²) in [6.07, 6.45) is 10.8. The minimum atomic E-state index is -0.487. The Kier molecular flexibility index (Phi) is 6.47. The zero-order valence-corrected chi connectivity index (χ0v) is 10.9. The van der Waals surface area contributed by atoms with E-state index in [1.807, 2.05) is 45.1 Å². The Bertz CT molecular complexity index is 296. The van der Waals surface area contributed by atoms with Gasteiger partial charge in [0.2, 0.25) is 0 Å². The van der Waals surface area contributed by atoms with Crippen molar-refractivity contribution in [3.63, 3.8) is 0 Å². The standard InChI is InChI=1S/C14H22O2/c1-6-7-12(2)8-9-13(16-5)10-14(3,4)11-15/h6-12H,1-5H3/b7-6-,9-8-,13-10+. The van der Waals surface area contributed by atoms with E-state index in [2.05, 4.69) is 13.0 Å². The van der Waals surface area contributed by atoms with Gasteiger partial charge in [-0.15, -0.1) is 0 Å². The van der Waals surface area contributed by atoms with E-state index in [1.54, 1.807) is 7.11 Å². The zero-order valence-electron chi connectivity index (χ0n) is 10.9. The lowest BCUT2D eigenvalue weighted by Crippen LogP contribution is -2.09. The van der Waals surface area contributed by atoms with Crippen LogP contribution in [0.3, 0.4) is 0 Å². The lowest BCUT2D eigenvalue weighted by molar-refractivity contribution is -0.112. The molecule has 0 bridgehead atoms. The van der Waals surface area contributed by atoms with Gasteiger partial charge in [0.15, 0.2) is 0 Å². The number of hydrogen-bond acceptors (Lipinski definition) is 2. The number of rotatable bonds is 6. The van der Waals surface area contributed by atoms with E-state index in [0.717, 1.165) is 6.29 Å². The van der Waals surface area contributed by atoms with Crippen LogP contribution in [0.5, 0.6) is 0 Å². The normalized spacial score (nSPS) is 15.7. The lowest BCUT2D eigenvalue weighted by atomic mass is 9.94. The molecule has 0 aliphatic rings. The summed E-state index contributed by atoms with van der Waals surface area (Å²) in [5.41, 5.74) is -0.487. The summed E-state index contributed by atoms with van der Waals surface area (Å²) in [5, 5.41) is 0. The topological polar surface area (TPSA) is 26.3 Å². The van der Waals surface area contributed by atoms with Crippen LogP contribution in [0, 0.1) is 11.3 Å². The molecule has 0 amide bonds. The van der Waals surface area contributed by atoms with Gasteiger partial charge in [0.25, 0.3) is 0 Å². The molecule has 1 unspecified atom stereocenters. The fraction of sp³-hybridized carbons (Fsp3) is 0.500. The molecule has 0 heterocycles. The number of methoxy groups -OCH3 is 1. The molecule has 2 heteroatoms. The van der Waals surface area contributed by atoms with E-state index in [4.69, 9.17) is 4.74 Å². The Labute approximate surface area is 98.7 Å². The molecule has 16 heavy (non-hydrogen) atoms. The van der Waals surface area contributed by atoms with Crippen LogP contribution >= 0.6 is 0 Å². The number of carbonyl (C=O) groups excluding carboxylic acids is 1. The van der Waals surface area contributed by atoms with Crippen molar-refractivity contribution in [3.05, 3.63) is 36.1 Å². The molecule has 0 radical (unpaired) electrons. The minimum absolute atomic E-state index is 0.364. The molecular formula is C14H22O2. The summed E-state index contributed by atoms with van der Waals surface area (Å²) in [4.78, 5) is 10.8. The minimum Gasteiger partial charge on any atom is -0.497 e. The molecule has 0 aromatic heterocycles. The van der Waals surface area contributed by atoms with E-state index < -0.39 is 5.41 Å². The molecule has 0 saturated carbocycles. The van der Waals surface area contributed by atoms with E-state index in [-0.39, 0.29) is 0 Å². The number of ether oxygens (including phenoxy) is 1. The second-order valence-electron chi connectivity index (χ2n) is 4.43. The van der Waals surface area contributed by atoms with Crippen LogP contribution in [0.15, 0.2) is 36.1 Å². The van der Waals surface area contributed by atoms with E-state index >= 15 is 0 Å². The maximum absolute atomic E-state index is 10.8. The molecule has 0 N–H and O–H groups in total. The molecule has 0 aromatic rings. The molecule has 90 valence electrons. The molecule has 0 saturated heterocycles. The first kappa shape index (κ1) is 14.7. The van der Waals surface area contributed by atoms with Gasteiger partial charge in [-0.3, -0.25) is 0 Å². The third kappa shape index (κ3) is 6.23. The number of carbonyl (C=O) groups is 1. The van der Waals surface area contributed by atoms with Crippen LogP contribution in [-0.4, -0.2) is 13.4 Å². The maximum atomic E-state index is 10.8. The van der Waals surface area contributed by atoms with Gasteiger partial charge in [0, 0.05) is 5.41 Å². The van der Waals surface area contributed by atoms with Crippen molar-refractivity contribution in [1.82, 2.24) is 0 Å². The summed E-state index contributed by atoms with van der Waals surface area (Å²) >= 11 is 0. The van der Waals surface area contributed by atoms with Gasteiger partial charge < -0.3 is 9.53 Å². The smallest absolute Gasteiger partial charge is 0.129 e. The van der Waals surface area contributed by atoms with Crippen LogP contribution in [0.25, 0.3) is 0 Å². The second kappa shape index (κ2) is 7.04. The van der Waals surface area contributed by atoms with Crippen molar-refractivity contribution in [1.29, 1.82) is 0 Å². The molecule has 0 fully saturated rings. The predicted molar refractivity (Wildman–Crippen MR) is 68.1 cm³/mol. The first-order valence-electron chi connectivity index (χ1n) is 5.49. The summed E-state index contributed by atoms with van der Waals surface area (Å²) in [6.45, 7) is 7.78. The maximum Gasteiger partial charge on any atom is 0.129 e. The van der Waals surface area contributed by atoms with Crippen LogP contribution < -0.4 is 0 Å². The molecule has 0 aliphatic carbocycles. The van der Waals surface area contributed by atoms with Gasteiger partial charge in [0.1, 0.15) is 12.0 Å². The summed E-state index contributed by atoms with van der Waals surface area (Å²) < 4.78 is 5.21. The van der Waals surface area contributed by atoms with Crippen molar-refractivity contribution >= 4 is 6.29 Å². The highest BCUT2D eigenvalue weighted by atomic mass is 16.5. The van der Waals surface area contributed by atoms with Gasteiger partial charge >= 0.3 is 0 Å². The van der Waals surface area contributed by atoms with Gasteiger partial charge in [-0.05, 0) is 38.8 Å². The van der Waals surface area contributed by atoms with Crippen molar-refractivity contribution in [2.75, 3.05) is 7.11 Å². The summed E-state index contributed by atoms with van der Waals surface area (Å²) in [5.74, 6) is 1.08. The molecule has 0 spiro atoms. The Morgan fingerprint density at radius 1 is 1.31 bits per heavy atom. The van der Waals surface area contributed by atoms with Gasteiger partial charge in [0.05, 0.1) is 7.11 Å². The summed E-state index contributed by atoms with van der Waals surface area (Å²) in [6, 6.07) is 0. The van der Waals surface area contributed by atoms with Crippen molar-refractivity contribution in [2.24, 2.45) is 11.3 Å². The second-order valence-corrected chi connectivity index (χ2v) is 4.43. The highest BCUT2D eigenvalue weighted by molar-refractivity contribution is 5.61. The van der Waals surface area contributed by atoms with Crippen LogP contribution in [0.1, 0.15) is 27.7 Å². The molecular weight excluding hydrogens is 200 g/mol. The fourth-order valence-electron chi connectivity index (χ4n) is 1.19. The van der Waals surface area contributed by atoms with Crippen LogP contribution in [0.4, 0.5) is 0 Å². The fourth-order valence-corrected chi connectivity index (χ4v) is 1.19. The van der Waals surface area contributed by atoms with Crippen molar-refractivity contribution < 1.29 is 9.53 Å². The van der Waals surface area contributed by atoms with Crippen molar-refractivity contribution in [3.8, 4) is 0 Å². The predicted octanol–water partition coefficient (Wildman–Crippen LogP) is 3.51. The highest BCUT2D eigenvalue weighted by Gasteiger charge is 2.13. The van der Waals surface area contributed by atoms with Crippen LogP contribution in [-0.2, 0) is 9.53 Å². The third-order valence-corrected chi connectivity index (χ3v) is 2.11. The lowest BCUT2D eigenvalue weighted by Gasteiger charge is -2.12. The quantitative estimate of drug-likeness (QED) is 0.297. The van der Waals surface area contributed by atoms with Gasteiger partial charge in [-0.2, -0.15) is 0 Å². The first-order valence-corrected chi connectivity index (χ1v) is 5.49. The first-order chi connectivity index (χ1) is 7.45. The van der Waals surface area contributed by atoms with E-state index in [9.17, 15) is 4.79 Å². The Hall–Kier alpha value is -1.31. The average Bonchev–Trinajstić information content (AvgIpc) is 2.24. The number of hydrogen-bond donors (Lipinski definition) is 0. The molecule has 0 rings (SSSR count). The summed E-state index contributed by atoms with van der Waals surface area (Å²) in [7, 11) is 1.61. The third-order valence-electron chi connectivity index (χ3n) is 2.11. The van der Waals surface area contributed by atoms with E-state index in [1.165, 1.54) is 0 Å². The van der Waals surface area contributed by atoms with Crippen LogP contribution in [0.2, 0.25) is 0 Å². The highest BCUT2D eigenvalue weighted by Crippen LogP contribution is 2.17. The van der Waals surface area contributed by atoms with Gasteiger partial charge in [-0.1, -0.05) is 25.2 Å². The number of allylic oxidation sites excluding steroid dienone is 5. The molecule has 0 aromatic carbocycles. The SMILES string of the molecule is C/C=C\C(C)/C=C\C(=C/C(C)(C)C=O)OC. The molecule has 0 aliphatic heterocycles.